The number of rotatable bonds is 5. The number of hydrogen-bond donors (Lipinski definition) is 2. The number of benzene rings is 1. The van der Waals surface area contributed by atoms with Crippen molar-refractivity contribution in [2.45, 2.75) is 19.9 Å². The van der Waals surface area contributed by atoms with Gasteiger partial charge in [0.2, 0.25) is 5.91 Å². The summed E-state index contributed by atoms with van der Waals surface area (Å²) >= 11 is 0. The number of amides is 1. The first-order valence-corrected chi connectivity index (χ1v) is 5.75. The molecule has 3 N–H and O–H groups in total. The Bertz CT molecular complexity index is 488. The number of carbonyl (C=O) groups is 1. The molecule has 1 aromatic rings. The first kappa shape index (κ1) is 14.9. The Morgan fingerprint density at radius 1 is 1.47 bits per heavy atom. The number of nitro groups is 1. The third kappa shape index (κ3) is 3.65. The minimum Gasteiger partial charge on any atom is -0.496 e. The Labute approximate surface area is 110 Å². The zero-order valence-corrected chi connectivity index (χ0v) is 11.0. The fourth-order valence-corrected chi connectivity index (χ4v) is 1.38. The number of ether oxygens (including phenoxy) is 1. The molecule has 0 fully saturated rings. The third-order valence-corrected chi connectivity index (χ3v) is 2.86. The Hall–Kier alpha value is -2.15. The average Bonchev–Trinajstić information content (AvgIpc) is 2.37. The van der Waals surface area contributed by atoms with E-state index in [2.05, 4.69) is 5.32 Å². The van der Waals surface area contributed by atoms with E-state index in [9.17, 15) is 14.9 Å². The number of methoxy groups -OCH3 is 1. The van der Waals surface area contributed by atoms with Crippen molar-refractivity contribution < 1.29 is 14.5 Å². The molecule has 0 aromatic heterocycles. The maximum Gasteiger partial charge on any atom is 0.296 e. The highest BCUT2D eigenvalue weighted by Gasteiger charge is 2.21. The van der Waals surface area contributed by atoms with Crippen molar-refractivity contribution in [2.24, 2.45) is 11.7 Å². The van der Waals surface area contributed by atoms with E-state index in [0.717, 1.165) is 0 Å². The van der Waals surface area contributed by atoms with Crippen LogP contribution in [-0.2, 0) is 4.79 Å². The van der Waals surface area contributed by atoms with Gasteiger partial charge in [0.15, 0.2) is 0 Å². The van der Waals surface area contributed by atoms with Crippen molar-refractivity contribution in [2.75, 3.05) is 12.4 Å². The predicted molar refractivity (Wildman–Crippen MR) is 71.1 cm³/mol. The molecule has 0 bridgehead atoms. The van der Waals surface area contributed by atoms with E-state index in [1.54, 1.807) is 19.9 Å². The first-order valence-electron chi connectivity index (χ1n) is 5.75. The van der Waals surface area contributed by atoms with Crippen molar-refractivity contribution in [3.8, 4) is 5.75 Å². The summed E-state index contributed by atoms with van der Waals surface area (Å²) in [6, 6.07) is 3.89. The van der Waals surface area contributed by atoms with Gasteiger partial charge in [-0.15, -0.1) is 0 Å². The van der Waals surface area contributed by atoms with Crippen LogP contribution in [0.2, 0.25) is 0 Å². The molecule has 1 amide bonds. The Balaban J connectivity index is 3.01. The van der Waals surface area contributed by atoms with Gasteiger partial charge in [0.25, 0.3) is 5.69 Å². The largest absolute Gasteiger partial charge is 0.496 e. The van der Waals surface area contributed by atoms with Crippen LogP contribution in [0.25, 0.3) is 0 Å². The van der Waals surface area contributed by atoms with E-state index in [-0.39, 0.29) is 23.3 Å². The normalized spacial score (nSPS) is 13.5. The van der Waals surface area contributed by atoms with E-state index in [4.69, 9.17) is 10.5 Å². The van der Waals surface area contributed by atoms with Gasteiger partial charge in [-0.2, -0.15) is 0 Å². The van der Waals surface area contributed by atoms with E-state index in [0.29, 0.717) is 5.75 Å². The fourth-order valence-electron chi connectivity index (χ4n) is 1.38. The number of hydrogen-bond acceptors (Lipinski definition) is 5. The van der Waals surface area contributed by atoms with Crippen LogP contribution in [-0.4, -0.2) is 24.0 Å². The lowest BCUT2D eigenvalue weighted by Crippen LogP contribution is -2.34. The fraction of sp³-hybridized carbons (Fsp3) is 0.417. The minimum atomic E-state index is -0.575. The lowest BCUT2D eigenvalue weighted by atomic mass is 10.0. The summed E-state index contributed by atoms with van der Waals surface area (Å²) in [6.45, 7) is 3.36. The van der Waals surface area contributed by atoms with E-state index in [1.165, 1.54) is 19.2 Å². The van der Waals surface area contributed by atoms with Crippen LogP contribution in [0.15, 0.2) is 18.2 Å². The number of nitrogens with two attached hydrogens (primary N) is 1. The molecule has 0 radical (unpaired) electrons. The maximum absolute atomic E-state index is 11.8. The van der Waals surface area contributed by atoms with Crippen molar-refractivity contribution in [3.05, 3.63) is 28.3 Å². The molecule has 0 saturated carbocycles. The molecule has 0 spiro atoms. The molecule has 7 nitrogen and oxygen atoms in total. The van der Waals surface area contributed by atoms with Crippen molar-refractivity contribution in [3.63, 3.8) is 0 Å². The minimum absolute atomic E-state index is 0.128. The quantitative estimate of drug-likeness (QED) is 0.621. The summed E-state index contributed by atoms with van der Waals surface area (Å²) in [5, 5.41) is 13.5. The summed E-state index contributed by atoms with van der Waals surface area (Å²) in [6.07, 6.45) is 0. The van der Waals surface area contributed by atoms with E-state index >= 15 is 0 Å². The second kappa shape index (κ2) is 6.14. The molecule has 104 valence electrons. The molecule has 0 aliphatic carbocycles. The third-order valence-electron chi connectivity index (χ3n) is 2.86. The lowest BCUT2D eigenvalue weighted by molar-refractivity contribution is -0.384. The van der Waals surface area contributed by atoms with Gasteiger partial charge >= 0.3 is 0 Å². The SMILES string of the molecule is COc1ccc(NC(=O)C(C)C(C)N)c([N+](=O)[O-])c1. The van der Waals surface area contributed by atoms with Gasteiger partial charge in [0.05, 0.1) is 24.0 Å². The zero-order valence-electron chi connectivity index (χ0n) is 11.0. The van der Waals surface area contributed by atoms with Crippen molar-refractivity contribution >= 4 is 17.3 Å². The molecule has 2 unspecified atom stereocenters. The van der Waals surface area contributed by atoms with Gasteiger partial charge in [-0.05, 0) is 19.1 Å². The summed E-state index contributed by atoms with van der Waals surface area (Å²) in [5.74, 6) is -0.449. The van der Waals surface area contributed by atoms with Crippen LogP contribution in [0.4, 0.5) is 11.4 Å². The number of nitro benzene ring substituents is 1. The van der Waals surface area contributed by atoms with Crippen molar-refractivity contribution in [1.82, 2.24) is 0 Å². The molecular formula is C12H17N3O4. The summed E-state index contributed by atoms with van der Waals surface area (Å²) in [7, 11) is 1.41. The average molecular weight is 267 g/mol. The topological polar surface area (TPSA) is 107 Å². The number of anilines is 1. The monoisotopic (exact) mass is 267 g/mol. The van der Waals surface area contributed by atoms with Crippen LogP contribution in [0.3, 0.4) is 0 Å². The second-order valence-corrected chi connectivity index (χ2v) is 4.28. The van der Waals surface area contributed by atoms with Gasteiger partial charge in [-0.25, -0.2) is 0 Å². The van der Waals surface area contributed by atoms with E-state index in [1.807, 2.05) is 0 Å². The molecule has 7 heteroatoms. The molecule has 1 rings (SSSR count). The summed E-state index contributed by atoms with van der Waals surface area (Å²) in [5.41, 5.74) is 5.53. The maximum atomic E-state index is 11.8. The molecule has 0 aliphatic rings. The number of nitrogens with zero attached hydrogens (tertiary/aromatic N) is 1. The number of carbonyl (C=O) groups excluding carboxylic acids is 1. The Morgan fingerprint density at radius 3 is 2.58 bits per heavy atom. The van der Waals surface area contributed by atoms with Crippen molar-refractivity contribution in [1.29, 1.82) is 0 Å². The Kier molecular flexibility index (Phi) is 4.82. The Morgan fingerprint density at radius 2 is 2.11 bits per heavy atom. The first-order chi connectivity index (χ1) is 8.86. The highest BCUT2D eigenvalue weighted by molar-refractivity contribution is 5.95. The van der Waals surface area contributed by atoms with Crippen LogP contribution in [0, 0.1) is 16.0 Å². The molecule has 19 heavy (non-hydrogen) atoms. The van der Waals surface area contributed by atoms with Crippen LogP contribution in [0.5, 0.6) is 5.75 Å². The highest BCUT2D eigenvalue weighted by atomic mass is 16.6. The summed E-state index contributed by atoms with van der Waals surface area (Å²) in [4.78, 5) is 22.2. The standard InChI is InChI=1S/C12H17N3O4/c1-7(8(2)13)12(16)14-10-5-4-9(19-3)6-11(10)15(17)18/h4-8H,13H2,1-3H3,(H,14,16). The van der Waals surface area contributed by atoms with Gasteiger partial charge in [0, 0.05) is 6.04 Å². The van der Waals surface area contributed by atoms with Crippen LogP contribution < -0.4 is 15.8 Å². The highest BCUT2D eigenvalue weighted by Crippen LogP contribution is 2.29. The molecule has 1 aromatic carbocycles. The van der Waals surface area contributed by atoms with Crippen LogP contribution >= 0.6 is 0 Å². The van der Waals surface area contributed by atoms with Gasteiger partial charge < -0.3 is 15.8 Å². The summed E-state index contributed by atoms with van der Waals surface area (Å²) < 4.78 is 4.91. The predicted octanol–water partition coefficient (Wildman–Crippen LogP) is 1.53. The van der Waals surface area contributed by atoms with E-state index < -0.39 is 10.8 Å². The zero-order chi connectivity index (χ0) is 14.6. The molecule has 0 heterocycles. The molecule has 0 aliphatic heterocycles. The van der Waals surface area contributed by atoms with Gasteiger partial charge in [0.1, 0.15) is 11.4 Å². The van der Waals surface area contributed by atoms with Gasteiger partial charge in [-0.1, -0.05) is 6.92 Å². The smallest absolute Gasteiger partial charge is 0.296 e. The number of nitrogens with one attached hydrogen (secondary N) is 1. The van der Waals surface area contributed by atoms with Gasteiger partial charge in [-0.3, -0.25) is 14.9 Å². The molecule has 2 atom stereocenters. The second-order valence-electron chi connectivity index (χ2n) is 4.28. The van der Waals surface area contributed by atoms with Crippen LogP contribution in [0.1, 0.15) is 13.8 Å². The molecule has 0 saturated heterocycles. The molecular weight excluding hydrogens is 250 g/mol. The lowest BCUT2D eigenvalue weighted by Gasteiger charge is -2.15.